The van der Waals surface area contributed by atoms with Crippen LogP contribution >= 0.6 is 0 Å². The van der Waals surface area contributed by atoms with Gasteiger partial charge >= 0.3 is 0 Å². The number of sulfonamides is 1. The van der Waals surface area contributed by atoms with Gasteiger partial charge < -0.3 is 4.74 Å². The maximum atomic E-state index is 13.4. The summed E-state index contributed by atoms with van der Waals surface area (Å²) in [5.74, 6) is 0.805. The van der Waals surface area contributed by atoms with Gasteiger partial charge in [-0.3, -0.25) is 0 Å². The third-order valence-corrected chi connectivity index (χ3v) is 8.16. The highest BCUT2D eigenvalue weighted by atomic mass is 32.2. The molecule has 2 fully saturated rings. The molecule has 2 atom stereocenters. The van der Waals surface area contributed by atoms with Crippen molar-refractivity contribution in [1.29, 1.82) is 0 Å². The molecule has 4 rings (SSSR count). The van der Waals surface area contributed by atoms with Crippen LogP contribution in [0.3, 0.4) is 0 Å². The molecule has 1 saturated heterocycles. The first-order valence-corrected chi connectivity index (χ1v) is 11.3. The van der Waals surface area contributed by atoms with Crippen LogP contribution in [-0.4, -0.2) is 32.4 Å². The molecular formula is C23H29NO3S. The zero-order valence-electron chi connectivity index (χ0n) is 17.1. The van der Waals surface area contributed by atoms with Gasteiger partial charge in [-0.05, 0) is 65.5 Å². The minimum atomic E-state index is -3.48. The SMILES string of the molecule is COc1ccc(-c2ccc(S(=O)(=O)N3CC4(C)CC3CC(C)(C)C4)cc2)cc1. The average molecular weight is 400 g/mol. The minimum Gasteiger partial charge on any atom is -0.497 e. The number of nitrogens with zero attached hydrogens (tertiary/aromatic N) is 1. The highest BCUT2D eigenvalue weighted by Gasteiger charge is 2.53. The fraction of sp³-hybridized carbons (Fsp3) is 0.478. The number of rotatable bonds is 4. The summed E-state index contributed by atoms with van der Waals surface area (Å²) in [4.78, 5) is 0.388. The lowest BCUT2D eigenvalue weighted by Crippen LogP contribution is -2.37. The van der Waals surface area contributed by atoms with Crippen molar-refractivity contribution in [2.75, 3.05) is 13.7 Å². The first-order valence-electron chi connectivity index (χ1n) is 9.88. The molecule has 150 valence electrons. The van der Waals surface area contributed by atoms with Crippen molar-refractivity contribution in [1.82, 2.24) is 4.31 Å². The summed E-state index contributed by atoms with van der Waals surface area (Å²) in [5.41, 5.74) is 2.31. The Morgan fingerprint density at radius 1 is 0.929 bits per heavy atom. The first kappa shape index (κ1) is 19.5. The smallest absolute Gasteiger partial charge is 0.243 e. The Morgan fingerprint density at radius 2 is 1.50 bits per heavy atom. The molecule has 1 saturated carbocycles. The molecule has 1 aliphatic carbocycles. The van der Waals surface area contributed by atoms with Gasteiger partial charge in [-0.1, -0.05) is 45.0 Å². The van der Waals surface area contributed by atoms with E-state index in [1.54, 1.807) is 23.5 Å². The summed E-state index contributed by atoms with van der Waals surface area (Å²) in [6.07, 6.45) is 2.99. The molecule has 2 aliphatic rings. The monoisotopic (exact) mass is 399 g/mol. The molecule has 0 spiro atoms. The molecule has 0 N–H and O–H groups in total. The third kappa shape index (κ3) is 3.46. The van der Waals surface area contributed by atoms with Gasteiger partial charge in [0.1, 0.15) is 5.75 Å². The number of fused-ring (bicyclic) bond motifs is 2. The Balaban J connectivity index is 1.60. The molecule has 0 amide bonds. The summed E-state index contributed by atoms with van der Waals surface area (Å²) in [6.45, 7) is 7.39. The van der Waals surface area contributed by atoms with Gasteiger partial charge in [0.2, 0.25) is 10.0 Å². The number of ether oxygens (including phenoxy) is 1. The third-order valence-electron chi connectivity index (χ3n) is 6.25. The first-order chi connectivity index (χ1) is 13.1. The number of methoxy groups -OCH3 is 1. The van der Waals surface area contributed by atoms with E-state index in [1.165, 1.54) is 0 Å². The van der Waals surface area contributed by atoms with E-state index >= 15 is 0 Å². The fourth-order valence-electron chi connectivity index (χ4n) is 5.43. The van der Waals surface area contributed by atoms with E-state index in [9.17, 15) is 8.42 Å². The van der Waals surface area contributed by atoms with Crippen molar-refractivity contribution >= 4 is 10.0 Å². The van der Waals surface area contributed by atoms with Crippen LogP contribution in [0.5, 0.6) is 5.75 Å². The van der Waals surface area contributed by atoms with Crippen molar-refractivity contribution in [3.8, 4) is 16.9 Å². The highest BCUT2D eigenvalue weighted by molar-refractivity contribution is 7.89. The van der Waals surface area contributed by atoms with Crippen molar-refractivity contribution < 1.29 is 13.2 Å². The highest BCUT2D eigenvalue weighted by Crippen LogP contribution is 2.53. The van der Waals surface area contributed by atoms with Gasteiger partial charge in [-0.25, -0.2) is 8.42 Å². The molecule has 28 heavy (non-hydrogen) atoms. The average Bonchev–Trinajstić information content (AvgIpc) is 2.91. The Kier molecular flexibility index (Phi) is 4.59. The van der Waals surface area contributed by atoms with E-state index in [2.05, 4.69) is 20.8 Å². The molecule has 0 radical (unpaired) electrons. The summed E-state index contributed by atoms with van der Waals surface area (Å²) in [5, 5.41) is 0. The van der Waals surface area contributed by atoms with E-state index in [-0.39, 0.29) is 16.9 Å². The quantitative estimate of drug-likeness (QED) is 0.731. The molecule has 0 aromatic heterocycles. The molecule has 2 unspecified atom stereocenters. The van der Waals surface area contributed by atoms with Crippen LogP contribution in [-0.2, 0) is 10.0 Å². The number of hydrogen-bond acceptors (Lipinski definition) is 3. The van der Waals surface area contributed by atoms with Gasteiger partial charge in [0.25, 0.3) is 0 Å². The van der Waals surface area contributed by atoms with Crippen LogP contribution in [0, 0.1) is 10.8 Å². The molecular weight excluding hydrogens is 370 g/mol. The second kappa shape index (κ2) is 6.60. The van der Waals surface area contributed by atoms with Crippen LogP contribution in [0.1, 0.15) is 40.0 Å². The fourth-order valence-corrected chi connectivity index (χ4v) is 7.20. The molecule has 2 aromatic rings. The molecule has 4 nitrogen and oxygen atoms in total. The van der Waals surface area contributed by atoms with Gasteiger partial charge in [0.05, 0.1) is 12.0 Å². The van der Waals surface area contributed by atoms with Crippen molar-refractivity contribution in [3.63, 3.8) is 0 Å². The molecule has 1 aliphatic heterocycles. The second-order valence-electron chi connectivity index (χ2n) is 9.52. The van der Waals surface area contributed by atoms with E-state index in [0.29, 0.717) is 11.4 Å². The van der Waals surface area contributed by atoms with E-state index in [0.717, 1.165) is 36.1 Å². The van der Waals surface area contributed by atoms with Gasteiger partial charge in [-0.15, -0.1) is 0 Å². The molecule has 1 heterocycles. The predicted molar refractivity (Wildman–Crippen MR) is 112 cm³/mol. The standard InChI is InChI=1S/C23H29NO3S/c1-22(2)13-19-14-23(3,15-22)16-24(19)28(25,26)21-11-7-18(8-12-21)17-5-9-20(27-4)10-6-17/h5-12,19H,13-16H2,1-4H3. The van der Waals surface area contributed by atoms with Crippen LogP contribution in [0.2, 0.25) is 0 Å². The summed E-state index contributed by atoms with van der Waals surface area (Å²) >= 11 is 0. The zero-order chi connectivity index (χ0) is 20.2. The Morgan fingerprint density at radius 3 is 2.07 bits per heavy atom. The van der Waals surface area contributed by atoms with Crippen molar-refractivity contribution in [2.45, 2.75) is 51.0 Å². The maximum absolute atomic E-state index is 13.4. The van der Waals surface area contributed by atoms with Crippen LogP contribution in [0.15, 0.2) is 53.4 Å². The lowest BCUT2D eigenvalue weighted by Gasteiger charge is -2.39. The largest absolute Gasteiger partial charge is 0.497 e. The molecule has 2 bridgehead atoms. The minimum absolute atomic E-state index is 0.0858. The zero-order valence-corrected chi connectivity index (χ0v) is 17.9. The summed E-state index contributed by atoms with van der Waals surface area (Å²) in [6, 6.07) is 15.2. The van der Waals surface area contributed by atoms with E-state index in [1.807, 2.05) is 36.4 Å². The van der Waals surface area contributed by atoms with Gasteiger partial charge in [-0.2, -0.15) is 4.31 Å². The second-order valence-corrected chi connectivity index (χ2v) is 11.4. The Hall–Kier alpha value is -1.85. The Bertz CT molecular complexity index is 964. The van der Waals surface area contributed by atoms with Crippen LogP contribution < -0.4 is 4.74 Å². The maximum Gasteiger partial charge on any atom is 0.243 e. The summed E-state index contributed by atoms with van der Waals surface area (Å²) in [7, 11) is -1.84. The van der Waals surface area contributed by atoms with E-state index < -0.39 is 10.0 Å². The number of benzene rings is 2. The lowest BCUT2D eigenvalue weighted by molar-refractivity contribution is 0.133. The van der Waals surface area contributed by atoms with E-state index in [4.69, 9.17) is 4.74 Å². The van der Waals surface area contributed by atoms with Gasteiger partial charge in [0.15, 0.2) is 0 Å². The van der Waals surface area contributed by atoms with Crippen LogP contribution in [0.4, 0.5) is 0 Å². The van der Waals surface area contributed by atoms with Gasteiger partial charge in [0, 0.05) is 12.6 Å². The molecule has 2 aromatic carbocycles. The van der Waals surface area contributed by atoms with Crippen molar-refractivity contribution in [2.24, 2.45) is 10.8 Å². The van der Waals surface area contributed by atoms with Crippen LogP contribution in [0.25, 0.3) is 11.1 Å². The lowest BCUT2D eigenvalue weighted by atomic mass is 9.65. The molecule has 5 heteroatoms. The predicted octanol–water partition coefficient (Wildman–Crippen LogP) is 4.95. The topological polar surface area (TPSA) is 46.6 Å². The number of hydrogen-bond donors (Lipinski definition) is 0. The summed E-state index contributed by atoms with van der Waals surface area (Å²) < 4.78 is 33.7. The Labute approximate surface area is 168 Å². The normalized spacial score (nSPS) is 26.9. The van der Waals surface area contributed by atoms with Crippen molar-refractivity contribution in [3.05, 3.63) is 48.5 Å².